The fourth-order valence-electron chi connectivity index (χ4n) is 1.69. The Morgan fingerprint density at radius 1 is 1.31 bits per heavy atom. The monoisotopic (exact) mass is 218 g/mol. The maximum atomic E-state index is 11.6. The van der Waals surface area contributed by atoms with Crippen LogP contribution in [-0.2, 0) is 16.1 Å². The molecule has 0 saturated carbocycles. The minimum Gasteiger partial charge on any atom is -0.472 e. The highest BCUT2D eigenvalue weighted by atomic mass is 16.5. The molecular weight excluding hydrogens is 204 g/mol. The normalized spacial score (nSPS) is 20.2. The summed E-state index contributed by atoms with van der Waals surface area (Å²) in [6.07, 6.45) is 1.64. The van der Waals surface area contributed by atoms with Gasteiger partial charge in [-0.05, 0) is 17.2 Å². The molecule has 1 unspecified atom stereocenters. The molecule has 0 aromatic heterocycles. The zero-order chi connectivity index (χ0) is 11.5. The summed E-state index contributed by atoms with van der Waals surface area (Å²) < 4.78 is 4.96. The van der Waals surface area contributed by atoms with Crippen molar-refractivity contribution < 1.29 is 9.53 Å². The Bertz CT molecular complexity index is 423. The van der Waals surface area contributed by atoms with Crippen LogP contribution in [0.15, 0.2) is 36.2 Å². The number of carbonyl (C=O) groups excluding carboxylic acids is 1. The van der Waals surface area contributed by atoms with E-state index in [4.69, 9.17) is 16.2 Å². The summed E-state index contributed by atoms with van der Waals surface area (Å²) in [5.74, 6) is 0.0442. The van der Waals surface area contributed by atoms with Crippen molar-refractivity contribution in [3.05, 3.63) is 47.4 Å². The van der Waals surface area contributed by atoms with Gasteiger partial charge in [0.05, 0.1) is 5.92 Å². The highest BCUT2D eigenvalue weighted by Gasteiger charge is 2.23. The Morgan fingerprint density at radius 3 is 2.62 bits per heavy atom. The second-order valence-corrected chi connectivity index (χ2v) is 3.75. The van der Waals surface area contributed by atoms with E-state index in [0.29, 0.717) is 12.4 Å². The largest absolute Gasteiger partial charge is 0.472 e. The standard InChI is InChI=1S/C12H14N2O2/c13-6-8-1-3-9(4-2-8)10-5-12(14)16-7-11(10)15/h1-5,10H,6-7,13-14H2. The summed E-state index contributed by atoms with van der Waals surface area (Å²) in [5.41, 5.74) is 13.0. The van der Waals surface area contributed by atoms with E-state index in [1.807, 2.05) is 24.3 Å². The lowest BCUT2D eigenvalue weighted by Gasteiger charge is -2.19. The van der Waals surface area contributed by atoms with Gasteiger partial charge in [-0.2, -0.15) is 0 Å². The molecule has 1 heterocycles. The van der Waals surface area contributed by atoms with Crippen LogP contribution < -0.4 is 11.5 Å². The van der Waals surface area contributed by atoms with Crippen molar-refractivity contribution in [3.63, 3.8) is 0 Å². The minimum atomic E-state index is -0.291. The van der Waals surface area contributed by atoms with Crippen LogP contribution in [0.5, 0.6) is 0 Å². The third-order valence-corrected chi connectivity index (χ3v) is 2.63. The minimum absolute atomic E-state index is 0.0229. The Labute approximate surface area is 93.9 Å². The van der Waals surface area contributed by atoms with Crippen LogP contribution in [0.4, 0.5) is 0 Å². The van der Waals surface area contributed by atoms with Gasteiger partial charge >= 0.3 is 0 Å². The third kappa shape index (κ3) is 2.06. The number of rotatable bonds is 2. The second-order valence-electron chi connectivity index (χ2n) is 3.75. The number of hydrogen-bond donors (Lipinski definition) is 2. The molecule has 0 spiro atoms. The van der Waals surface area contributed by atoms with Gasteiger partial charge in [0.25, 0.3) is 0 Å². The average molecular weight is 218 g/mol. The number of Topliss-reactive ketones (excluding diaryl/α,β-unsaturated/α-hetero) is 1. The van der Waals surface area contributed by atoms with Gasteiger partial charge in [-0.25, -0.2) is 0 Å². The molecule has 1 aliphatic heterocycles. The number of allylic oxidation sites excluding steroid dienone is 1. The average Bonchev–Trinajstić information content (AvgIpc) is 2.32. The fourth-order valence-corrected chi connectivity index (χ4v) is 1.69. The van der Waals surface area contributed by atoms with Gasteiger partial charge in [-0.1, -0.05) is 24.3 Å². The molecule has 0 fully saturated rings. The van der Waals surface area contributed by atoms with E-state index >= 15 is 0 Å². The molecule has 1 aromatic rings. The van der Waals surface area contributed by atoms with Crippen LogP contribution in [0.2, 0.25) is 0 Å². The highest BCUT2D eigenvalue weighted by Crippen LogP contribution is 2.23. The van der Waals surface area contributed by atoms with Crippen molar-refractivity contribution in [1.29, 1.82) is 0 Å². The summed E-state index contributed by atoms with van der Waals surface area (Å²) in [6, 6.07) is 7.64. The number of carbonyl (C=O) groups is 1. The maximum absolute atomic E-state index is 11.6. The molecule has 84 valence electrons. The van der Waals surface area contributed by atoms with Gasteiger partial charge in [-0.15, -0.1) is 0 Å². The molecule has 4 heteroatoms. The number of ketones is 1. The second kappa shape index (κ2) is 4.37. The molecule has 1 aliphatic rings. The van der Waals surface area contributed by atoms with Crippen LogP contribution in [0.25, 0.3) is 0 Å². The van der Waals surface area contributed by atoms with Crippen LogP contribution >= 0.6 is 0 Å². The van der Waals surface area contributed by atoms with Gasteiger partial charge in [0.1, 0.15) is 6.61 Å². The third-order valence-electron chi connectivity index (χ3n) is 2.63. The van der Waals surface area contributed by atoms with Crippen LogP contribution in [0, 0.1) is 0 Å². The molecule has 1 aromatic carbocycles. The number of nitrogens with two attached hydrogens (primary N) is 2. The Balaban J connectivity index is 2.28. The SMILES string of the molecule is NCc1ccc(C2C=C(N)OCC2=O)cc1. The van der Waals surface area contributed by atoms with E-state index in [1.165, 1.54) is 0 Å². The van der Waals surface area contributed by atoms with Crippen molar-refractivity contribution >= 4 is 5.78 Å². The van der Waals surface area contributed by atoms with E-state index < -0.39 is 0 Å². The van der Waals surface area contributed by atoms with Crippen molar-refractivity contribution in [2.24, 2.45) is 11.5 Å². The number of benzene rings is 1. The zero-order valence-corrected chi connectivity index (χ0v) is 8.85. The highest BCUT2D eigenvalue weighted by molar-refractivity contribution is 5.89. The lowest BCUT2D eigenvalue weighted by molar-refractivity contribution is -0.124. The van der Waals surface area contributed by atoms with E-state index in [-0.39, 0.29) is 18.3 Å². The first-order valence-electron chi connectivity index (χ1n) is 5.12. The molecule has 0 saturated heterocycles. The van der Waals surface area contributed by atoms with Crippen molar-refractivity contribution in [3.8, 4) is 0 Å². The summed E-state index contributed by atoms with van der Waals surface area (Å²) >= 11 is 0. The molecule has 4 nitrogen and oxygen atoms in total. The smallest absolute Gasteiger partial charge is 0.181 e. The lowest BCUT2D eigenvalue weighted by Crippen LogP contribution is -2.24. The molecule has 2 rings (SSSR count). The molecule has 0 amide bonds. The zero-order valence-electron chi connectivity index (χ0n) is 8.85. The summed E-state index contributed by atoms with van der Waals surface area (Å²) in [5, 5.41) is 0. The van der Waals surface area contributed by atoms with Crippen LogP contribution in [0.3, 0.4) is 0 Å². The first-order valence-corrected chi connectivity index (χ1v) is 5.12. The van der Waals surface area contributed by atoms with Gasteiger partial charge in [0.15, 0.2) is 11.7 Å². The van der Waals surface area contributed by atoms with E-state index in [9.17, 15) is 4.79 Å². The maximum Gasteiger partial charge on any atom is 0.181 e. The number of ether oxygens (including phenoxy) is 1. The summed E-state index contributed by atoms with van der Waals surface area (Å²) in [6.45, 7) is 0.547. The lowest BCUT2D eigenvalue weighted by atomic mass is 9.93. The molecule has 0 bridgehead atoms. The molecular formula is C12H14N2O2. The predicted octanol–water partition coefficient (Wildman–Crippen LogP) is 0.628. The van der Waals surface area contributed by atoms with Gasteiger partial charge < -0.3 is 16.2 Å². The number of hydrogen-bond acceptors (Lipinski definition) is 4. The van der Waals surface area contributed by atoms with Crippen molar-refractivity contribution in [2.75, 3.05) is 6.61 Å². The predicted molar refractivity (Wildman–Crippen MR) is 60.3 cm³/mol. The van der Waals surface area contributed by atoms with Crippen molar-refractivity contribution in [2.45, 2.75) is 12.5 Å². The summed E-state index contributed by atoms with van der Waals surface area (Å²) in [4.78, 5) is 11.6. The summed E-state index contributed by atoms with van der Waals surface area (Å²) in [7, 11) is 0. The van der Waals surface area contributed by atoms with Gasteiger partial charge in [0.2, 0.25) is 0 Å². The van der Waals surface area contributed by atoms with Gasteiger partial charge in [0, 0.05) is 6.54 Å². The Morgan fingerprint density at radius 2 is 2.00 bits per heavy atom. The molecule has 4 N–H and O–H groups in total. The van der Waals surface area contributed by atoms with Crippen LogP contribution in [0.1, 0.15) is 17.0 Å². The molecule has 1 atom stereocenters. The van der Waals surface area contributed by atoms with E-state index in [2.05, 4.69) is 0 Å². The molecule has 16 heavy (non-hydrogen) atoms. The quantitative estimate of drug-likeness (QED) is 0.763. The first kappa shape index (κ1) is 10.7. The first-order chi connectivity index (χ1) is 7.70. The molecule has 0 aliphatic carbocycles. The topological polar surface area (TPSA) is 78.3 Å². The van der Waals surface area contributed by atoms with Crippen molar-refractivity contribution in [1.82, 2.24) is 0 Å². The molecule has 0 radical (unpaired) electrons. The van der Waals surface area contributed by atoms with Gasteiger partial charge in [-0.3, -0.25) is 4.79 Å². The van der Waals surface area contributed by atoms with Crippen LogP contribution in [-0.4, -0.2) is 12.4 Å². The Hall–Kier alpha value is -1.81. The van der Waals surface area contributed by atoms with E-state index in [0.717, 1.165) is 11.1 Å². The fraction of sp³-hybridized carbons (Fsp3) is 0.250. The Kier molecular flexibility index (Phi) is 2.92. The van der Waals surface area contributed by atoms with E-state index in [1.54, 1.807) is 6.08 Å².